The zero-order valence-corrected chi connectivity index (χ0v) is 15.0. The van der Waals surface area contributed by atoms with Crippen LogP contribution in [-0.4, -0.2) is 35.4 Å². The normalized spacial score (nSPS) is 10.4. The lowest BCUT2D eigenvalue weighted by atomic mass is 10.1. The second kappa shape index (κ2) is 8.32. The van der Waals surface area contributed by atoms with Crippen molar-refractivity contribution in [3.63, 3.8) is 0 Å². The Morgan fingerprint density at radius 2 is 1.88 bits per heavy atom. The predicted octanol–water partition coefficient (Wildman–Crippen LogP) is 2.25. The Balaban J connectivity index is 2.04. The zero-order valence-electron chi connectivity index (χ0n) is 15.0. The number of methoxy groups -OCH3 is 1. The van der Waals surface area contributed by atoms with Crippen molar-refractivity contribution < 1.29 is 19.1 Å². The van der Waals surface area contributed by atoms with Gasteiger partial charge in [-0.1, -0.05) is 12.1 Å². The molecule has 0 atom stereocenters. The van der Waals surface area contributed by atoms with Gasteiger partial charge < -0.3 is 14.8 Å². The molecule has 7 nitrogen and oxygen atoms in total. The molecule has 0 saturated heterocycles. The van der Waals surface area contributed by atoms with E-state index >= 15 is 0 Å². The maximum Gasteiger partial charge on any atom is 0.327 e. The fourth-order valence-electron chi connectivity index (χ4n) is 2.47. The Morgan fingerprint density at radius 1 is 1.20 bits per heavy atom. The first kappa shape index (κ1) is 18.5. The lowest BCUT2D eigenvalue weighted by molar-refractivity contribution is -0.144. The topological polar surface area (TPSA) is 82.5 Å². The highest BCUT2D eigenvalue weighted by molar-refractivity contribution is 5.93. The molecule has 0 aliphatic rings. The first-order valence-corrected chi connectivity index (χ1v) is 8.07. The smallest absolute Gasteiger partial charge is 0.327 e. The third-order valence-corrected chi connectivity index (χ3v) is 3.75. The first-order valence-electron chi connectivity index (χ1n) is 8.07. The average molecular weight is 345 g/mol. The van der Waals surface area contributed by atoms with Gasteiger partial charge in [0.2, 0.25) is 5.91 Å². The molecule has 7 heteroatoms. The van der Waals surface area contributed by atoms with Crippen molar-refractivity contribution in [3.05, 3.63) is 41.2 Å². The monoisotopic (exact) mass is 345 g/mol. The summed E-state index contributed by atoms with van der Waals surface area (Å²) in [4.78, 5) is 23.9. The molecule has 0 fully saturated rings. The number of amides is 1. The van der Waals surface area contributed by atoms with Gasteiger partial charge in [-0.3, -0.25) is 14.3 Å². The number of benzene rings is 1. The molecule has 1 N–H and O–H groups in total. The molecule has 2 aromatic rings. The summed E-state index contributed by atoms with van der Waals surface area (Å²) < 4.78 is 11.6. The van der Waals surface area contributed by atoms with Gasteiger partial charge in [-0.2, -0.15) is 5.10 Å². The van der Waals surface area contributed by atoms with E-state index in [1.807, 2.05) is 31.2 Å². The molecule has 0 unspecified atom stereocenters. The van der Waals surface area contributed by atoms with Crippen molar-refractivity contribution >= 4 is 17.6 Å². The van der Waals surface area contributed by atoms with Gasteiger partial charge in [0.05, 0.1) is 37.2 Å². The minimum absolute atomic E-state index is 0.0227. The zero-order chi connectivity index (χ0) is 18.4. The highest BCUT2D eigenvalue weighted by atomic mass is 16.5. The maximum absolute atomic E-state index is 12.3. The summed E-state index contributed by atoms with van der Waals surface area (Å²) in [5.41, 5.74) is 2.88. The van der Waals surface area contributed by atoms with E-state index < -0.39 is 0 Å². The highest BCUT2D eigenvalue weighted by Gasteiger charge is 2.16. The number of carbonyl (C=O) groups excluding carboxylic acids is 2. The SMILES string of the molecule is CCOC(=O)Cn1nc(C)c(NC(=O)Cc2ccc(OC)cc2)c1C. The Bertz CT molecular complexity index is 750. The number of aryl methyl sites for hydroxylation is 1. The molecule has 0 aliphatic heterocycles. The van der Waals surface area contributed by atoms with E-state index in [1.165, 1.54) is 4.68 Å². The van der Waals surface area contributed by atoms with E-state index in [1.54, 1.807) is 21.0 Å². The van der Waals surface area contributed by atoms with E-state index in [0.29, 0.717) is 23.7 Å². The second-order valence-electron chi connectivity index (χ2n) is 5.58. The number of carbonyl (C=O) groups is 2. The standard InChI is InChI=1S/C18H23N3O4/c1-5-25-17(23)11-21-13(3)18(12(2)20-21)19-16(22)10-14-6-8-15(24-4)9-7-14/h6-9H,5,10-11H2,1-4H3,(H,19,22). The third kappa shape index (κ3) is 4.82. The summed E-state index contributed by atoms with van der Waals surface area (Å²) >= 11 is 0. The lowest BCUT2D eigenvalue weighted by Crippen LogP contribution is -2.17. The molecular weight excluding hydrogens is 322 g/mol. The molecule has 0 aliphatic carbocycles. The van der Waals surface area contributed by atoms with Crippen LogP contribution in [-0.2, 0) is 27.3 Å². The van der Waals surface area contributed by atoms with Gasteiger partial charge >= 0.3 is 5.97 Å². The van der Waals surface area contributed by atoms with E-state index in [-0.39, 0.29) is 24.8 Å². The minimum Gasteiger partial charge on any atom is -0.497 e. The van der Waals surface area contributed by atoms with Crippen LogP contribution in [0.4, 0.5) is 5.69 Å². The van der Waals surface area contributed by atoms with Crippen LogP contribution >= 0.6 is 0 Å². The van der Waals surface area contributed by atoms with Crippen molar-refractivity contribution in [1.82, 2.24) is 9.78 Å². The summed E-state index contributed by atoms with van der Waals surface area (Å²) in [6.45, 7) is 5.70. The van der Waals surface area contributed by atoms with Crippen LogP contribution in [0.3, 0.4) is 0 Å². The fourth-order valence-corrected chi connectivity index (χ4v) is 2.47. The molecule has 0 saturated carbocycles. The van der Waals surface area contributed by atoms with Gasteiger partial charge in [-0.05, 0) is 38.5 Å². The minimum atomic E-state index is -0.357. The summed E-state index contributed by atoms with van der Waals surface area (Å²) in [5.74, 6) is 0.243. The van der Waals surface area contributed by atoms with E-state index in [9.17, 15) is 9.59 Å². The van der Waals surface area contributed by atoms with Crippen molar-refractivity contribution in [3.8, 4) is 5.75 Å². The Kier molecular flexibility index (Phi) is 6.16. The van der Waals surface area contributed by atoms with Crippen molar-refractivity contribution in [2.24, 2.45) is 0 Å². The molecule has 0 spiro atoms. The largest absolute Gasteiger partial charge is 0.497 e. The molecule has 134 valence electrons. The number of aromatic nitrogens is 2. The molecule has 1 aromatic carbocycles. The van der Waals surface area contributed by atoms with Crippen molar-refractivity contribution in [2.75, 3.05) is 19.0 Å². The predicted molar refractivity (Wildman–Crippen MR) is 93.7 cm³/mol. The Hall–Kier alpha value is -2.83. The molecule has 0 bridgehead atoms. The number of rotatable bonds is 7. The molecule has 2 rings (SSSR count). The molecule has 1 amide bonds. The molecular formula is C18H23N3O4. The van der Waals surface area contributed by atoms with Crippen LogP contribution in [0.5, 0.6) is 5.75 Å². The summed E-state index contributed by atoms with van der Waals surface area (Å²) in [7, 11) is 1.60. The van der Waals surface area contributed by atoms with Crippen LogP contribution < -0.4 is 10.1 Å². The molecule has 0 radical (unpaired) electrons. The van der Waals surface area contributed by atoms with Crippen LogP contribution in [0.2, 0.25) is 0 Å². The number of nitrogens with one attached hydrogen (secondary N) is 1. The van der Waals surface area contributed by atoms with Crippen molar-refractivity contribution in [2.45, 2.75) is 33.7 Å². The van der Waals surface area contributed by atoms with Gasteiger partial charge in [0.25, 0.3) is 0 Å². The number of anilines is 1. The number of ether oxygens (including phenoxy) is 2. The maximum atomic E-state index is 12.3. The summed E-state index contributed by atoms with van der Waals surface area (Å²) in [5, 5.41) is 7.18. The third-order valence-electron chi connectivity index (χ3n) is 3.75. The number of hydrogen-bond acceptors (Lipinski definition) is 5. The van der Waals surface area contributed by atoms with Gasteiger partial charge in [0.15, 0.2) is 0 Å². The lowest BCUT2D eigenvalue weighted by Gasteiger charge is -2.07. The first-order chi connectivity index (χ1) is 11.9. The summed E-state index contributed by atoms with van der Waals surface area (Å²) in [6, 6.07) is 7.33. The molecule has 1 heterocycles. The number of hydrogen-bond donors (Lipinski definition) is 1. The highest BCUT2D eigenvalue weighted by Crippen LogP contribution is 2.20. The van der Waals surface area contributed by atoms with Gasteiger partial charge in [0, 0.05) is 0 Å². The van der Waals surface area contributed by atoms with Crippen LogP contribution in [0.15, 0.2) is 24.3 Å². The quantitative estimate of drug-likeness (QED) is 0.778. The van der Waals surface area contributed by atoms with Gasteiger partial charge in [0.1, 0.15) is 12.3 Å². The molecule has 25 heavy (non-hydrogen) atoms. The molecule has 1 aromatic heterocycles. The van der Waals surface area contributed by atoms with E-state index in [0.717, 1.165) is 11.3 Å². The van der Waals surface area contributed by atoms with Crippen LogP contribution in [0.25, 0.3) is 0 Å². The van der Waals surface area contributed by atoms with Crippen molar-refractivity contribution in [1.29, 1.82) is 0 Å². The van der Waals surface area contributed by atoms with E-state index in [2.05, 4.69) is 10.4 Å². The number of nitrogens with zero attached hydrogens (tertiary/aromatic N) is 2. The Labute approximate surface area is 146 Å². The van der Waals surface area contributed by atoms with Crippen LogP contribution in [0, 0.1) is 13.8 Å². The van der Waals surface area contributed by atoms with E-state index in [4.69, 9.17) is 9.47 Å². The van der Waals surface area contributed by atoms with Crippen LogP contribution in [0.1, 0.15) is 23.9 Å². The fraction of sp³-hybridized carbons (Fsp3) is 0.389. The number of esters is 1. The second-order valence-corrected chi connectivity index (χ2v) is 5.58. The van der Waals surface area contributed by atoms with Gasteiger partial charge in [-0.15, -0.1) is 0 Å². The average Bonchev–Trinajstić information content (AvgIpc) is 2.83. The Morgan fingerprint density at radius 3 is 2.48 bits per heavy atom. The van der Waals surface area contributed by atoms with Gasteiger partial charge in [-0.25, -0.2) is 0 Å². The summed E-state index contributed by atoms with van der Waals surface area (Å²) in [6.07, 6.45) is 0.242.